The van der Waals surface area contributed by atoms with E-state index in [2.05, 4.69) is 5.32 Å². The molecular weight excluding hydrogens is 268 g/mol. The number of carbonyl (C=O) groups is 1. The topological polar surface area (TPSA) is 77.5 Å². The SMILES string of the molecule is NC1CCC(OCCNC(=O)c2ccc(Cl)o2)CC1. The van der Waals surface area contributed by atoms with Gasteiger partial charge in [0.2, 0.25) is 0 Å². The smallest absolute Gasteiger partial charge is 0.287 e. The van der Waals surface area contributed by atoms with Gasteiger partial charge in [-0.1, -0.05) is 0 Å². The van der Waals surface area contributed by atoms with Gasteiger partial charge >= 0.3 is 0 Å². The van der Waals surface area contributed by atoms with E-state index in [4.69, 9.17) is 26.5 Å². The Morgan fingerprint density at radius 2 is 2.16 bits per heavy atom. The van der Waals surface area contributed by atoms with Crippen LogP contribution in [0, 0.1) is 0 Å². The van der Waals surface area contributed by atoms with Crippen molar-refractivity contribution in [3.63, 3.8) is 0 Å². The predicted molar refractivity (Wildman–Crippen MR) is 72.2 cm³/mol. The van der Waals surface area contributed by atoms with Gasteiger partial charge in [-0.25, -0.2) is 0 Å². The molecule has 1 fully saturated rings. The maximum absolute atomic E-state index is 11.6. The molecule has 1 heterocycles. The van der Waals surface area contributed by atoms with Gasteiger partial charge in [0, 0.05) is 12.6 Å². The molecule has 1 aliphatic rings. The van der Waals surface area contributed by atoms with Crippen molar-refractivity contribution in [3.05, 3.63) is 23.1 Å². The monoisotopic (exact) mass is 286 g/mol. The first kappa shape index (κ1) is 14.4. The number of halogens is 1. The summed E-state index contributed by atoms with van der Waals surface area (Å²) in [5, 5.41) is 2.93. The molecule has 2 rings (SSSR count). The van der Waals surface area contributed by atoms with E-state index in [1.165, 1.54) is 6.07 Å². The van der Waals surface area contributed by atoms with Crippen LogP contribution in [0.15, 0.2) is 16.5 Å². The average molecular weight is 287 g/mol. The number of carbonyl (C=O) groups excluding carboxylic acids is 1. The van der Waals surface area contributed by atoms with Crippen molar-refractivity contribution in [2.24, 2.45) is 5.73 Å². The molecule has 0 aliphatic heterocycles. The van der Waals surface area contributed by atoms with Crippen molar-refractivity contribution in [3.8, 4) is 0 Å². The van der Waals surface area contributed by atoms with Crippen LogP contribution in [-0.4, -0.2) is 31.2 Å². The van der Waals surface area contributed by atoms with Crippen molar-refractivity contribution in [2.75, 3.05) is 13.2 Å². The van der Waals surface area contributed by atoms with Crippen LogP contribution >= 0.6 is 11.6 Å². The van der Waals surface area contributed by atoms with E-state index in [9.17, 15) is 4.79 Å². The zero-order chi connectivity index (χ0) is 13.7. The van der Waals surface area contributed by atoms with Crippen LogP contribution in [0.5, 0.6) is 0 Å². The lowest BCUT2D eigenvalue weighted by atomic mass is 9.94. The molecule has 1 aromatic heterocycles. The third-order valence-corrected chi connectivity index (χ3v) is 3.46. The molecule has 6 heteroatoms. The maximum atomic E-state index is 11.6. The van der Waals surface area contributed by atoms with Gasteiger partial charge in [0.1, 0.15) is 0 Å². The Morgan fingerprint density at radius 3 is 2.79 bits per heavy atom. The van der Waals surface area contributed by atoms with Gasteiger partial charge < -0.3 is 20.2 Å². The van der Waals surface area contributed by atoms with E-state index in [0.29, 0.717) is 19.2 Å². The van der Waals surface area contributed by atoms with Crippen LogP contribution < -0.4 is 11.1 Å². The summed E-state index contributed by atoms with van der Waals surface area (Å²) in [5.41, 5.74) is 5.82. The summed E-state index contributed by atoms with van der Waals surface area (Å²) < 4.78 is 10.7. The molecule has 1 amide bonds. The molecule has 0 unspecified atom stereocenters. The van der Waals surface area contributed by atoms with Crippen molar-refractivity contribution >= 4 is 17.5 Å². The van der Waals surface area contributed by atoms with Crippen LogP contribution in [0.3, 0.4) is 0 Å². The molecule has 0 spiro atoms. The predicted octanol–water partition coefficient (Wildman–Crippen LogP) is 1.95. The number of hydrogen-bond acceptors (Lipinski definition) is 4. The Balaban J connectivity index is 1.60. The largest absolute Gasteiger partial charge is 0.440 e. The Hall–Kier alpha value is -1.04. The highest BCUT2D eigenvalue weighted by Gasteiger charge is 2.18. The highest BCUT2D eigenvalue weighted by atomic mass is 35.5. The summed E-state index contributed by atoms with van der Waals surface area (Å²) in [6.07, 6.45) is 4.31. The number of amides is 1. The van der Waals surface area contributed by atoms with Crippen LogP contribution in [0.25, 0.3) is 0 Å². The fraction of sp³-hybridized carbons (Fsp3) is 0.615. The van der Waals surface area contributed by atoms with Crippen molar-refractivity contribution < 1.29 is 13.9 Å². The molecule has 1 saturated carbocycles. The summed E-state index contributed by atoms with van der Waals surface area (Å²) >= 11 is 5.60. The molecule has 0 radical (unpaired) electrons. The summed E-state index contributed by atoms with van der Waals surface area (Å²) in [7, 11) is 0. The van der Waals surface area contributed by atoms with Gasteiger partial charge in [-0.2, -0.15) is 0 Å². The van der Waals surface area contributed by atoms with Gasteiger partial charge in [0.15, 0.2) is 11.0 Å². The first-order valence-electron chi connectivity index (χ1n) is 6.56. The fourth-order valence-corrected chi connectivity index (χ4v) is 2.31. The highest BCUT2D eigenvalue weighted by Crippen LogP contribution is 2.19. The van der Waals surface area contributed by atoms with Crippen molar-refractivity contribution in [1.82, 2.24) is 5.32 Å². The molecule has 0 aromatic carbocycles. The first-order chi connectivity index (χ1) is 9.15. The second kappa shape index (κ2) is 6.93. The lowest BCUT2D eigenvalue weighted by molar-refractivity contribution is 0.0266. The summed E-state index contributed by atoms with van der Waals surface area (Å²) in [4.78, 5) is 11.6. The molecule has 3 N–H and O–H groups in total. The van der Waals surface area contributed by atoms with E-state index < -0.39 is 0 Å². The van der Waals surface area contributed by atoms with E-state index >= 15 is 0 Å². The lowest BCUT2D eigenvalue weighted by Gasteiger charge is -2.26. The minimum atomic E-state index is -0.277. The Labute approximate surface area is 117 Å². The molecule has 19 heavy (non-hydrogen) atoms. The van der Waals surface area contributed by atoms with E-state index in [0.717, 1.165) is 25.7 Å². The molecule has 0 atom stereocenters. The van der Waals surface area contributed by atoms with Gasteiger partial charge in [-0.05, 0) is 49.4 Å². The normalized spacial score (nSPS) is 23.3. The Morgan fingerprint density at radius 1 is 1.42 bits per heavy atom. The van der Waals surface area contributed by atoms with Crippen LogP contribution in [0.2, 0.25) is 5.22 Å². The first-order valence-corrected chi connectivity index (χ1v) is 6.93. The summed E-state index contributed by atoms with van der Waals surface area (Å²) in [6.45, 7) is 0.958. The molecular formula is C13H19ClN2O3. The molecule has 0 bridgehead atoms. The van der Waals surface area contributed by atoms with Gasteiger partial charge in [-0.3, -0.25) is 4.79 Å². The third kappa shape index (κ3) is 4.53. The van der Waals surface area contributed by atoms with E-state index in [1.54, 1.807) is 6.07 Å². The van der Waals surface area contributed by atoms with Gasteiger partial charge in [0.25, 0.3) is 5.91 Å². The Kier molecular flexibility index (Phi) is 5.24. The van der Waals surface area contributed by atoms with E-state index in [1.807, 2.05) is 0 Å². The van der Waals surface area contributed by atoms with Crippen molar-refractivity contribution in [2.45, 2.75) is 37.8 Å². The molecule has 0 saturated heterocycles. The Bertz CT molecular complexity index is 414. The zero-order valence-corrected chi connectivity index (χ0v) is 11.5. The number of furan rings is 1. The van der Waals surface area contributed by atoms with E-state index in [-0.39, 0.29) is 23.0 Å². The minimum Gasteiger partial charge on any atom is -0.440 e. The maximum Gasteiger partial charge on any atom is 0.287 e. The number of ether oxygens (including phenoxy) is 1. The summed E-state index contributed by atoms with van der Waals surface area (Å²) in [6, 6.07) is 3.41. The van der Waals surface area contributed by atoms with Gasteiger partial charge in [-0.15, -0.1) is 0 Å². The summed E-state index contributed by atoms with van der Waals surface area (Å²) in [5.74, 6) is -0.0604. The fourth-order valence-electron chi connectivity index (χ4n) is 2.17. The molecule has 1 aliphatic carbocycles. The number of nitrogens with one attached hydrogen (secondary N) is 1. The molecule has 1 aromatic rings. The number of nitrogens with two attached hydrogens (primary N) is 1. The van der Waals surface area contributed by atoms with Crippen LogP contribution in [0.1, 0.15) is 36.2 Å². The number of hydrogen-bond donors (Lipinski definition) is 2. The minimum absolute atomic E-state index is 0.208. The average Bonchev–Trinajstić information content (AvgIpc) is 2.83. The quantitative estimate of drug-likeness (QED) is 0.811. The highest BCUT2D eigenvalue weighted by molar-refractivity contribution is 6.29. The third-order valence-electron chi connectivity index (χ3n) is 3.26. The number of rotatable bonds is 5. The van der Waals surface area contributed by atoms with Gasteiger partial charge in [0.05, 0.1) is 12.7 Å². The van der Waals surface area contributed by atoms with Crippen molar-refractivity contribution in [1.29, 1.82) is 0 Å². The zero-order valence-electron chi connectivity index (χ0n) is 10.7. The van der Waals surface area contributed by atoms with Crippen LogP contribution in [-0.2, 0) is 4.74 Å². The molecule has 106 valence electrons. The molecule has 5 nitrogen and oxygen atoms in total. The second-order valence-corrected chi connectivity index (χ2v) is 5.14. The second-order valence-electron chi connectivity index (χ2n) is 4.77. The van der Waals surface area contributed by atoms with Crippen LogP contribution in [0.4, 0.5) is 0 Å². The lowest BCUT2D eigenvalue weighted by Crippen LogP contribution is -2.32. The standard InChI is InChI=1S/C13H19ClN2O3/c14-12-6-5-11(19-12)13(17)16-7-8-18-10-3-1-9(15)2-4-10/h5-6,9-10H,1-4,7-8,15H2,(H,16,17).